The lowest BCUT2D eigenvalue weighted by atomic mass is 10.3. The minimum atomic E-state index is -0.272. The van der Waals surface area contributed by atoms with Gasteiger partial charge in [-0.05, 0) is 31.2 Å². The minimum Gasteiger partial charge on any atom is -0.449 e. The Morgan fingerprint density at radius 3 is 3.00 bits per heavy atom. The molecule has 5 heteroatoms. The van der Waals surface area contributed by atoms with Crippen LogP contribution in [0.25, 0.3) is 11.1 Å². The number of pyridine rings is 2. The number of nitrogens with one attached hydrogen (secondary N) is 1. The van der Waals surface area contributed by atoms with E-state index in [0.29, 0.717) is 17.6 Å². The Bertz CT molecular complexity index is 750. The Morgan fingerprint density at radius 1 is 1.30 bits per heavy atom. The summed E-state index contributed by atoms with van der Waals surface area (Å²) in [6, 6.07) is 10.9. The first kappa shape index (κ1) is 12.3. The topological polar surface area (TPSA) is 68.0 Å². The van der Waals surface area contributed by atoms with Crippen LogP contribution >= 0.6 is 0 Å². The fourth-order valence-electron chi connectivity index (χ4n) is 1.90. The molecule has 0 bridgehead atoms. The van der Waals surface area contributed by atoms with Gasteiger partial charge in [-0.15, -0.1) is 0 Å². The second-order valence-corrected chi connectivity index (χ2v) is 4.45. The van der Waals surface area contributed by atoms with E-state index in [1.807, 2.05) is 37.3 Å². The van der Waals surface area contributed by atoms with Crippen molar-refractivity contribution in [2.24, 2.45) is 0 Å². The largest absolute Gasteiger partial charge is 0.449 e. The van der Waals surface area contributed by atoms with Crippen molar-refractivity contribution in [2.75, 3.05) is 0 Å². The van der Waals surface area contributed by atoms with Crippen LogP contribution in [0.5, 0.6) is 0 Å². The van der Waals surface area contributed by atoms with Crippen molar-refractivity contribution in [2.45, 2.75) is 13.5 Å². The molecule has 1 amide bonds. The molecule has 1 N–H and O–H groups in total. The summed E-state index contributed by atoms with van der Waals surface area (Å²) >= 11 is 0. The van der Waals surface area contributed by atoms with Gasteiger partial charge < -0.3 is 9.73 Å². The van der Waals surface area contributed by atoms with Gasteiger partial charge in [-0.25, -0.2) is 4.98 Å². The number of fused-ring (bicyclic) bond motifs is 1. The lowest BCUT2D eigenvalue weighted by Gasteiger charge is -2.01. The van der Waals surface area contributed by atoms with Crippen molar-refractivity contribution < 1.29 is 9.21 Å². The van der Waals surface area contributed by atoms with Gasteiger partial charge in [-0.3, -0.25) is 9.78 Å². The molecule has 3 rings (SSSR count). The molecule has 0 saturated heterocycles. The van der Waals surface area contributed by atoms with Gasteiger partial charge in [0.2, 0.25) is 0 Å². The second kappa shape index (κ2) is 5.13. The maximum absolute atomic E-state index is 12.0. The van der Waals surface area contributed by atoms with Crippen molar-refractivity contribution in [3.8, 4) is 0 Å². The highest BCUT2D eigenvalue weighted by atomic mass is 16.3. The molecule has 3 aromatic heterocycles. The predicted octanol–water partition coefficient (Wildman–Crippen LogP) is 2.46. The molecule has 5 nitrogen and oxygen atoms in total. The summed E-state index contributed by atoms with van der Waals surface area (Å²) in [5.74, 6) is -0.0136. The number of aromatic nitrogens is 2. The number of hydrogen-bond donors (Lipinski definition) is 1. The third-order valence-electron chi connectivity index (χ3n) is 2.89. The van der Waals surface area contributed by atoms with Gasteiger partial charge in [-0.1, -0.05) is 6.07 Å². The van der Waals surface area contributed by atoms with Crippen molar-refractivity contribution >= 4 is 17.0 Å². The van der Waals surface area contributed by atoms with E-state index in [0.717, 1.165) is 11.4 Å². The van der Waals surface area contributed by atoms with Crippen LogP contribution in [0, 0.1) is 6.92 Å². The first-order valence-electron chi connectivity index (χ1n) is 6.28. The van der Waals surface area contributed by atoms with Gasteiger partial charge in [0, 0.05) is 18.0 Å². The van der Waals surface area contributed by atoms with E-state index in [2.05, 4.69) is 15.3 Å². The smallest absolute Gasteiger partial charge is 0.287 e. The molecule has 0 fully saturated rings. The van der Waals surface area contributed by atoms with E-state index in [-0.39, 0.29) is 11.7 Å². The normalized spacial score (nSPS) is 10.7. The van der Waals surface area contributed by atoms with Gasteiger partial charge in [0.25, 0.3) is 5.91 Å². The number of nitrogens with zero attached hydrogens (tertiary/aromatic N) is 2. The summed E-state index contributed by atoms with van der Waals surface area (Å²) in [6.07, 6.45) is 1.69. The van der Waals surface area contributed by atoms with Crippen molar-refractivity contribution in [1.29, 1.82) is 0 Å². The van der Waals surface area contributed by atoms with Crippen LogP contribution < -0.4 is 5.32 Å². The van der Waals surface area contributed by atoms with Crippen LogP contribution in [0.2, 0.25) is 0 Å². The van der Waals surface area contributed by atoms with E-state index >= 15 is 0 Å². The monoisotopic (exact) mass is 267 g/mol. The van der Waals surface area contributed by atoms with Crippen LogP contribution in [-0.2, 0) is 6.54 Å². The number of furan rings is 1. The van der Waals surface area contributed by atoms with Crippen molar-refractivity contribution in [1.82, 2.24) is 15.3 Å². The molecule has 0 aliphatic heterocycles. The molecule has 0 radical (unpaired) electrons. The summed E-state index contributed by atoms with van der Waals surface area (Å²) in [5, 5.41) is 2.77. The molecule has 0 unspecified atom stereocenters. The first-order valence-corrected chi connectivity index (χ1v) is 6.28. The standard InChI is InChI=1S/C15H13N3O2/c1-10-5-6-13-12(18-10)8-14(20-13)15(19)17-9-11-4-2-3-7-16-11/h2-8H,9H2,1H3,(H,17,19). The number of amides is 1. The van der Waals surface area contributed by atoms with Gasteiger partial charge in [-0.2, -0.15) is 0 Å². The average molecular weight is 267 g/mol. The summed E-state index contributed by atoms with van der Waals surface area (Å²) < 4.78 is 5.48. The third-order valence-corrected chi connectivity index (χ3v) is 2.89. The van der Waals surface area contributed by atoms with Crippen LogP contribution in [0.1, 0.15) is 21.9 Å². The maximum atomic E-state index is 12.0. The lowest BCUT2D eigenvalue weighted by Crippen LogP contribution is -2.22. The molecule has 0 atom stereocenters. The van der Waals surface area contributed by atoms with Gasteiger partial charge in [0.15, 0.2) is 11.3 Å². The molecule has 0 saturated carbocycles. The van der Waals surface area contributed by atoms with Crippen LogP contribution in [0.4, 0.5) is 0 Å². The molecule has 0 spiro atoms. The summed E-state index contributed by atoms with van der Waals surface area (Å²) in [7, 11) is 0. The summed E-state index contributed by atoms with van der Waals surface area (Å²) in [6.45, 7) is 2.26. The Balaban J connectivity index is 1.75. The Hall–Kier alpha value is -2.69. The number of aryl methyl sites for hydroxylation is 1. The number of carbonyl (C=O) groups is 1. The highest BCUT2D eigenvalue weighted by molar-refractivity contribution is 5.95. The molecule has 100 valence electrons. The first-order chi connectivity index (χ1) is 9.72. The van der Waals surface area contributed by atoms with Gasteiger partial charge in [0.1, 0.15) is 5.52 Å². The maximum Gasteiger partial charge on any atom is 0.287 e. The zero-order chi connectivity index (χ0) is 13.9. The van der Waals surface area contributed by atoms with E-state index in [4.69, 9.17) is 4.42 Å². The summed E-state index contributed by atoms with van der Waals surface area (Å²) in [4.78, 5) is 20.5. The Kier molecular flexibility index (Phi) is 3.16. The number of carbonyl (C=O) groups excluding carboxylic acids is 1. The molecular weight excluding hydrogens is 254 g/mol. The quantitative estimate of drug-likeness (QED) is 0.791. The fraction of sp³-hybridized carbons (Fsp3) is 0.133. The predicted molar refractivity (Wildman–Crippen MR) is 74.2 cm³/mol. The molecule has 0 aromatic carbocycles. The van der Waals surface area contributed by atoms with E-state index in [9.17, 15) is 4.79 Å². The van der Waals surface area contributed by atoms with Crippen molar-refractivity contribution in [3.63, 3.8) is 0 Å². The molecular formula is C15H13N3O2. The zero-order valence-corrected chi connectivity index (χ0v) is 11.0. The molecule has 3 heterocycles. The molecule has 0 aliphatic rings. The average Bonchev–Trinajstić information content (AvgIpc) is 2.89. The summed E-state index contributed by atoms with van der Waals surface area (Å²) in [5.41, 5.74) is 2.98. The Labute approximate surface area is 115 Å². The van der Waals surface area contributed by atoms with Crippen LogP contribution in [0.3, 0.4) is 0 Å². The third kappa shape index (κ3) is 2.51. The molecule has 20 heavy (non-hydrogen) atoms. The van der Waals surface area contributed by atoms with Crippen molar-refractivity contribution in [3.05, 3.63) is 59.7 Å². The Morgan fingerprint density at radius 2 is 2.20 bits per heavy atom. The fourth-order valence-corrected chi connectivity index (χ4v) is 1.90. The molecule has 3 aromatic rings. The van der Waals surface area contributed by atoms with E-state index in [1.54, 1.807) is 12.3 Å². The highest BCUT2D eigenvalue weighted by Crippen LogP contribution is 2.17. The van der Waals surface area contributed by atoms with Crippen LogP contribution in [0.15, 0.2) is 47.0 Å². The zero-order valence-electron chi connectivity index (χ0n) is 11.0. The highest BCUT2D eigenvalue weighted by Gasteiger charge is 2.12. The number of hydrogen-bond acceptors (Lipinski definition) is 4. The minimum absolute atomic E-state index is 0.258. The van der Waals surface area contributed by atoms with E-state index in [1.165, 1.54) is 0 Å². The number of rotatable bonds is 3. The lowest BCUT2D eigenvalue weighted by molar-refractivity contribution is 0.0925. The second-order valence-electron chi connectivity index (χ2n) is 4.45. The SMILES string of the molecule is Cc1ccc2oc(C(=O)NCc3ccccn3)cc2n1. The van der Waals surface area contributed by atoms with E-state index < -0.39 is 0 Å². The van der Waals surface area contributed by atoms with Gasteiger partial charge in [0.05, 0.1) is 12.2 Å². The van der Waals surface area contributed by atoms with Gasteiger partial charge >= 0.3 is 0 Å². The van der Waals surface area contributed by atoms with Crippen LogP contribution in [-0.4, -0.2) is 15.9 Å². The molecule has 0 aliphatic carbocycles.